The standard InChI is InChI=1S/C19H28N2O3.ClH/c1-3-21(18(22)15-8-6-7-11-19(15,2)20)12-14-13-23-16-9-4-5-10-17(16)24-14;/h4-5,9-10,14-15H,3,6-8,11-13,20H2,1-2H3;1H. The lowest BCUT2D eigenvalue weighted by Gasteiger charge is -2.40. The van der Waals surface area contributed by atoms with Gasteiger partial charge in [0.15, 0.2) is 17.6 Å². The molecule has 1 saturated carbocycles. The zero-order chi connectivity index (χ0) is 17.2. The number of carbonyl (C=O) groups excluding carboxylic acids is 1. The monoisotopic (exact) mass is 368 g/mol. The molecule has 1 aliphatic heterocycles. The summed E-state index contributed by atoms with van der Waals surface area (Å²) in [5, 5.41) is 0. The highest BCUT2D eigenvalue weighted by atomic mass is 35.5. The summed E-state index contributed by atoms with van der Waals surface area (Å²) in [6, 6.07) is 7.65. The molecule has 3 rings (SSSR count). The van der Waals surface area contributed by atoms with Gasteiger partial charge in [-0.2, -0.15) is 0 Å². The van der Waals surface area contributed by atoms with Crippen LogP contribution in [0.3, 0.4) is 0 Å². The van der Waals surface area contributed by atoms with E-state index < -0.39 is 5.54 Å². The highest BCUT2D eigenvalue weighted by Crippen LogP contribution is 2.34. The molecule has 1 heterocycles. The van der Waals surface area contributed by atoms with Crippen molar-refractivity contribution in [2.24, 2.45) is 11.7 Å². The van der Waals surface area contributed by atoms with Gasteiger partial charge in [-0.15, -0.1) is 12.4 Å². The van der Waals surface area contributed by atoms with E-state index in [1.807, 2.05) is 43.0 Å². The number of fused-ring (bicyclic) bond motifs is 1. The summed E-state index contributed by atoms with van der Waals surface area (Å²) in [6.07, 6.45) is 3.84. The summed E-state index contributed by atoms with van der Waals surface area (Å²) < 4.78 is 11.8. The molecule has 1 fully saturated rings. The summed E-state index contributed by atoms with van der Waals surface area (Å²) >= 11 is 0. The predicted octanol–water partition coefficient (Wildman–Crippen LogP) is 3.00. The Morgan fingerprint density at radius 1 is 1.32 bits per heavy atom. The van der Waals surface area contributed by atoms with Crippen LogP contribution in [0.1, 0.15) is 39.5 Å². The van der Waals surface area contributed by atoms with Crippen molar-refractivity contribution >= 4 is 18.3 Å². The van der Waals surface area contributed by atoms with E-state index >= 15 is 0 Å². The molecular formula is C19H29ClN2O3. The molecule has 1 aliphatic carbocycles. The molecule has 0 saturated heterocycles. The van der Waals surface area contributed by atoms with Gasteiger partial charge in [0.05, 0.1) is 12.5 Å². The molecule has 0 spiro atoms. The Morgan fingerprint density at radius 3 is 2.72 bits per heavy atom. The number of hydrogen-bond donors (Lipinski definition) is 1. The predicted molar refractivity (Wildman–Crippen MR) is 100 cm³/mol. The normalized spacial score (nSPS) is 28.0. The maximum Gasteiger partial charge on any atom is 0.227 e. The Hall–Kier alpha value is -1.46. The van der Waals surface area contributed by atoms with Crippen LogP contribution >= 0.6 is 12.4 Å². The van der Waals surface area contributed by atoms with Gasteiger partial charge in [-0.1, -0.05) is 25.0 Å². The first kappa shape index (κ1) is 19.9. The highest BCUT2D eigenvalue weighted by Gasteiger charge is 2.40. The number of nitrogens with zero attached hydrogens (tertiary/aromatic N) is 1. The number of likely N-dealkylation sites (N-methyl/N-ethyl adjacent to an activating group) is 1. The molecule has 3 unspecified atom stereocenters. The summed E-state index contributed by atoms with van der Waals surface area (Å²) in [4.78, 5) is 14.9. The van der Waals surface area contributed by atoms with Crippen LogP contribution in [-0.4, -0.2) is 42.1 Å². The van der Waals surface area contributed by atoms with Crippen LogP contribution in [0.25, 0.3) is 0 Å². The van der Waals surface area contributed by atoms with Crippen LogP contribution in [0.2, 0.25) is 0 Å². The zero-order valence-corrected chi connectivity index (χ0v) is 15.9. The second-order valence-electron chi connectivity index (χ2n) is 7.18. The topological polar surface area (TPSA) is 64.8 Å². The summed E-state index contributed by atoms with van der Waals surface area (Å²) in [5.41, 5.74) is 6.00. The highest BCUT2D eigenvalue weighted by molar-refractivity contribution is 5.85. The molecular weight excluding hydrogens is 340 g/mol. The van der Waals surface area contributed by atoms with Gasteiger partial charge in [0, 0.05) is 12.1 Å². The number of halogens is 1. The second-order valence-corrected chi connectivity index (χ2v) is 7.18. The number of para-hydroxylation sites is 2. The van der Waals surface area contributed by atoms with Gasteiger partial charge in [-0.05, 0) is 38.8 Å². The van der Waals surface area contributed by atoms with Crippen molar-refractivity contribution < 1.29 is 14.3 Å². The molecule has 0 radical (unpaired) electrons. The zero-order valence-electron chi connectivity index (χ0n) is 15.1. The summed E-state index contributed by atoms with van der Waals surface area (Å²) in [5.74, 6) is 1.58. The maximum atomic E-state index is 13.0. The van der Waals surface area contributed by atoms with Gasteiger partial charge in [0.2, 0.25) is 5.91 Å². The smallest absolute Gasteiger partial charge is 0.227 e. The average Bonchev–Trinajstić information content (AvgIpc) is 2.58. The molecule has 25 heavy (non-hydrogen) atoms. The minimum Gasteiger partial charge on any atom is -0.486 e. The van der Waals surface area contributed by atoms with Crippen LogP contribution in [0, 0.1) is 5.92 Å². The minimum absolute atomic E-state index is 0. The Bertz CT molecular complexity index is 594. The van der Waals surface area contributed by atoms with Crippen molar-refractivity contribution in [3.05, 3.63) is 24.3 Å². The van der Waals surface area contributed by atoms with Crippen LogP contribution in [-0.2, 0) is 4.79 Å². The second kappa shape index (κ2) is 8.28. The first-order valence-corrected chi connectivity index (χ1v) is 8.97. The number of hydrogen-bond acceptors (Lipinski definition) is 4. The largest absolute Gasteiger partial charge is 0.486 e. The lowest BCUT2D eigenvalue weighted by molar-refractivity contribution is -0.140. The number of rotatable bonds is 4. The fourth-order valence-corrected chi connectivity index (χ4v) is 3.76. The lowest BCUT2D eigenvalue weighted by atomic mass is 9.74. The average molecular weight is 369 g/mol. The fourth-order valence-electron chi connectivity index (χ4n) is 3.76. The van der Waals surface area contributed by atoms with Crippen molar-refractivity contribution in [3.63, 3.8) is 0 Å². The Kier molecular flexibility index (Phi) is 6.58. The molecule has 2 aliphatic rings. The van der Waals surface area contributed by atoms with Crippen molar-refractivity contribution in [2.45, 2.75) is 51.2 Å². The molecule has 2 N–H and O–H groups in total. The number of benzene rings is 1. The van der Waals surface area contributed by atoms with E-state index in [1.54, 1.807) is 0 Å². The third kappa shape index (κ3) is 4.39. The maximum absolute atomic E-state index is 13.0. The number of ether oxygens (including phenoxy) is 2. The fraction of sp³-hybridized carbons (Fsp3) is 0.632. The van der Waals surface area contributed by atoms with E-state index in [2.05, 4.69) is 0 Å². The molecule has 5 nitrogen and oxygen atoms in total. The molecule has 3 atom stereocenters. The quantitative estimate of drug-likeness (QED) is 0.887. The van der Waals surface area contributed by atoms with Gasteiger partial charge in [0.1, 0.15) is 6.61 Å². The Balaban J connectivity index is 0.00000225. The van der Waals surface area contributed by atoms with Crippen LogP contribution < -0.4 is 15.2 Å². The van der Waals surface area contributed by atoms with E-state index in [1.165, 1.54) is 0 Å². The molecule has 0 aromatic heterocycles. The molecule has 140 valence electrons. The first-order chi connectivity index (χ1) is 11.5. The molecule has 6 heteroatoms. The SMILES string of the molecule is CCN(CC1COc2ccccc2O1)C(=O)C1CCCCC1(C)N.Cl. The van der Waals surface area contributed by atoms with Gasteiger partial charge in [-0.25, -0.2) is 0 Å². The van der Waals surface area contributed by atoms with Crippen molar-refractivity contribution in [2.75, 3.05) is 19.7 Å². The molecule has 1 aromatic rings. The number of amides is 1. The van der Waals surface area contributed by atoms with Gasteiger partial charge >= 0.3 is 0 Å². The summed E-state index contributed by atoms with van der Waals surface area (Å²) in [7, 11) is 0. The van der Waals surface area contributed by atoms with Crippen LogP contribution in [0.4, 0.5) is 0 Å². The molecule has 0 bridgehead atoms. The Labute approximate surface area is 156 Å². The van der Waals surface area contributed by atoms with Crippen molar-refractivity contribution in [1.29, 1.82) is 0 Å². The van der Waals surface area contributed by atoms with Crippen molar-refractivity contribution in [1.82, 2.24) is 4.90 Å². The molecule has 1 aromatic carbocycles. The van der Waals surface area contributed by atoms with E-state index in [9.17, 15) is 4.79 Å². The third-order valence-corrected chi connectivity index (χ3v) is 5.24. The van der Waals surface area contributed by atoms with Gasteiger partial charge in [0.25, 0.3) is 0 Å². The number of carbonyl (C=O) groups is 1. The first-order valence-electron chi connectivity index (χ1n) is 8.97. The van der Waals surface area contributed by atoms with E-state index in [-0.39, 0.29) is 30.3 Å². The minimum atomic E-state index is -0.403. The lowest BCUT2D eigenvalue weighted by Crippen LogP contribution is -2.55. The number of nitrogens with two attached hydrogens (primary N) is 1. The third-order valence-electron chi connectivity index (χ3n) is 5.24. The van der Waals surface area contributed by atoms with E-state index in [0.29, 0.717) is 19.7 Å². The summed E-state index contributed by atoms with van der Waals surface area (Å²) in [6.45, 7) is 5.68. The van der Waals surface area contributed by atoms with Gasteiger partial charge < -0.3 is 20.1 Å². The van der Waals surface area contributed by atoms with E-state index in [0.717, 1.165) is 37.2 Å². The van der Waals surface area contributed by atoms with Crippen LogP contribution in [0.5, 0.6) is 11.5 Å². The molecule has 1 amide bonds. The Morgan fingerprint density at radius 2 is 2.04 bits per heavy atom. The van der Waals surface area contributed by atoms with Gasteiger partial charge in [-0.3, -0.25) is 4.79 Å². The van der Waals surface area contributed by atoms with Crippen LogP contribution in [0.15, 0.2) is 24.3 Å². The van der Waals surface area contributed by atoms with Crippen molar-refractivity contribution in [3.8, 4) is 11.5 Å². The van der Waals surface area contributed by atoms with E-state index in [4.69, 9.17) is 15.2 Å².